The molecule has 0 saturated carbocycles. The van der Waals surface area contributed by atoms with Gasteiger partial charge in [-0.05, 0) is 36.2 Å². The zero-order chi connectivity index (χ0) is 18.0. The van der Waals surface area contributed by atoms with Crippen molar-refractivity contribution in [3.8, 4) is 0 Å². The maximum absolute atomic E-state index is 12.7. The van der Waals surface area contributed by atoms with Gasteiger partial charge in [-0.25, -0.2) is 12.7 Å². The number of benzene rings is 2. The number of rotatable bonds is 4. The van der Waals surface area contributed by atoms with Gasteiger partial charge in [0.15, 0.2) is 0 Å². The van der Waals surface area contributed by atoms with Crippen LogP contribution in [0.4, 0.5) is 0 Å². The van der Waals surface area contributed by atoms with Crippen molar-refractivity contribution in [2.45, 2.75) is 17.2 Å². The molecule has 0 spiro atoms. The molecular formula is C19H22N2O3S. The first-order valence-electron chi connectivity index (χ1n) is 8.26. The number of carbonyl (C=O) groups excluding carboxylic acids is 1. The molecule has 0 N–H and O–H groups in total. The van der Waals surface area contributed by atoms with Crippen molar-refractivity contribution in [2.24, 2.45) is 0 Å². The Balaban J connectivity index is 1.72. The first-order valence-corrected chi connectivity index (χ1v) is 9.70. The first kappa shape index (κ1) is 17.6. The zero-order valence-electron chi connectivity index (χ0n) is 14.4. The lowest BCUT2D eigenvalue weighted by molar-refractivity contribution is 0.0790. The first-order chi connectivity index (χ1) is 11.9. The summed E-state index contributed by atoms with van der Waals surface area (Å²) < 4.78 is 25.4. The van der Waals surface area contributed by atoms with E-state index in [0.717, 1.165) is 17.3 Å². The third-order valence-corrected chi connectivity index (χ3v) is 6.46. The molecule has 3 rings (SSSR count). The highest BCUT2D eigenvalue weighted by Gasteiger charge is 2.28. The van der Waals surface area contributed by atoms with Gasteiger partial charge < -0.3 is 4.90 Å². The van der Waals surface area contributed by atoms with Crippen molar-refractivity contribution in [1.82, 2.24) is 9.21 Å². The molecular weight excluding hydrogens is 336 g/mol. The zero-order valence-corrected chi connectivity index (χ0v) is 15.2. The summed E-state index contributed by atoms with van der Waals surface area (Å²) in [6, 6.07) is 16.4. The number of carbonyl (C=O) groups is 1. The summed E-state index contributed by atoms with van der Waals surface area (Å²) in [5.74, 6) is 0.311. The summed E-state index contributed by atoms with van der Waals surface area (Å²) in [6.07, 6.45) is 0.947. The highest BCUT2D eigenvalue weighted by molar-refractivity contribution is 7.89. The molecule has 0 radical (unpaired) electrons. The maximum Gasteiger partial charge on any atom is 0.253 e. The molecule has 2 aromatic rings. The molecule has 25 heavy (non-hydrogen) atoms. The molecule has 132 valence electrons. The summed E-state index contributed by atoms with van der Waals surface area (Å²) in [5.41, 5.74) is 1.77. The Morgan fingerprint density at radius 3 is 2.28 bits per heavy atom. The van der Waals surface area contributed by atoms with Gasteiger partial charge in [0.25, 0.3) is 5.91 Å². The van der Waals surface area contributed by atoms with E-state index in [9.17, 15) is 13.2 Å². The van der Waals surface area contributed by atoms with E-state index >= 15 is 0 Å². The fraction of sp³-hybridized carbons (Fsp3) is 0.316. The van der Waals surface area contributed by atoms with Crippen LogP contribution in [0.1, 0.15) is 28.3 Å². The minimum atomic E-state index is -3.47. The highest BCUT2D eigenvalue weighted by Crippen LogP contribution is 2.28. The van der Waals surface area contributed by atoms with Crippen LogP contribution < -0.4 is 0 Å². The van der Waals surface area contributed by atoms with E-state index in [1.807, 2.05) is 23.1 Å². The van der Waals surface area contributed by atoms with Crippen molar-refractivity contribution in [3.05, 3.63) is 65.7 Å². The van der Waals surface area contributed by atoms with Crippen LogP contribution in [0.25, 0.3) is 0 Å². The molecule has 1 unspecified atom stereocenters. The van der Waals surface area contributed by atoms with E-state index in [1.54, 1.807) is 12.1 Å². The van der Waals surface area contributed by atoms with Crippen LogP contribution in [0.3, 0.4) is 0 Å². The fourth-order valence-electron chi connectivity index (χ4n) is 3.10. The second-order valence-corrected chi connectivity index (χ2v) is 8.61. The van der Waals surface area contributed by atoms with Gasteiger partial charge in [-0.3, -0.25) is 4.79 Å². The Kier molecular flexibility index (Phi) is 4.92. The van der Waals surface area contributed by atoms with Crippen LogP contribution in [0.5, 0.6) is 0 Å². The molecule has 1 aliphatic heterocycles. The Morgan fingerprint density at radius 1 is 1.04 bits per heavy atom. The molecule has 0 aromatic heterocycles. The van der Waals surface area contributed by atoms with Crippen LogP contribution in [-0.2, 0) is 10.0 Å². The Labute approximate surface area is 148 Å². The normalized spacial score (nSPS) is 17.9. The van der Waals surface area contributed by atoms with Crippen molar-refractivity contribution in [2.75, 3.05) is 27.2 Å². The fourth-order valence-corrected chi connectivity index (χ4v) is 4.01. The smallest absolute Gasteiger partial charge is 0.253 e. The van der Waals surface area contributed by atoms with Crippen molar-refractivity contribution in [3.63, 3.8) is 0 Å². The molecule has 1 aliphatic rings. The number of sulfonamides is 1. The molecule has 0 aliphatic carbocycles. The van der Waals surface area contributed by atoms with Gasteiger partial charge in [0.2, 0.25) is 10.0 Å². The second kappa shape index (κ2) is 6.98. The molecule has 1 saturated heterocycles. The van der Waals surface area contributed by atoms with E-state index in [0.29, 0.717) is 18.0 Å². The van der Waals surface area contributed by atoms with Gasteiger partial charge in [0.05, 0.1) is 4.90 Å². The van der Waals surface area contributed by atoms with E-state index in [1.165, 1.54) is 31.8 Å². The third-order valence-electron chi connectivity index (χ3n) is 4.63. The lowest BCUT2D eigenvalue weighted by Crippen LogP contribution is -2.28. The standard InChI is InChI=1S/C19H22N2O3S/c1-20(2)25(23,24)18-10-8-16(9-11-18)19(22)21-13-12-17(14-21)15-6-4-3-5-7-15/h3-11,17H,12-14H2,1-2H3. The van der Waals surface area contributed by atoms with Gasteiger partial charge in [-0.15, -0.1) is 0 Å². The molecule has 2 aromatic carbocycles. The van der Waals surface area contributed by atoms with Crippen molar-refractivity contribution in [1.29, 1.82) is 0 Å². The lowest BCUT2D eigenvalue weighted by atomic mass is 9.99. The van der Waals surface area contributed by atoms with E-state index < -0.39 is 10.0 Å². The van der Waals surface area contributed by atoms with E-state index in [4.69, 9.17) is 0 Å². The van der Waals surface area contributed by atoms with Gasteiger partial charge >= 0.3 is 0 Å². The summed E-state index contributed by atoms with van der Waals surface area (Å²) in [4.78, 5) is 14.7. The number of hydrogen-bond acceptors (Lipinski definition) is 3. The predicted octanol–water partition coefficient (Wildman–Crippen LogP) is 2.57. The Hall–Kier alpha value is -2.18. The molecule has 1 amide bonds. The number of hydrogen-bond donors (Lipinski definition) is 0. The van der Waals surface area contributed by atoms with E-state index in [2.05, 4.69) is 12.1 Å². The molecule has 1 heterocycles. The maximum atomic E-state index is 12.7. The van der Waals surface area contributed by atoms with Crippen LogP contribution in [-0.4, -0.2) is 50.7 Å². The third kappa shape index (κ3) is 3.60. The largest absolute Gasteiger partial charge is 0.338 e. The summed E-state index contributed by atoms with van der Waals surface area (Å²) in [5, 5.41) is 0. The Bertz CT molecular complexity index is 846. The van der Waals surface area contributed by atoms with Crippen LogP contribution in [0.2, 0.25) is 0 Å². The summed E-state index contributed by atoms with van der Waals surface area (Å²) >= 11 is 0. The minimum Gasteiger partial charge on any atom is -0.338 e. The predicted molar refractivity (Wildman–Crippen MR) is 97.0 cm³/mol. The van der Waals surface area contributed by atoms with Gasteiger partial charge in [0, 0.05) is 38.7 Å². The molecule has 5 nitrogen and oxygen atoms in total. The highest BCUT2D eigenvalue weighted by atomic mass is 32.2. The Morgan fingerprint density at radius 2 is 1.68 bits per heavy atom. The lowest BCUT2D eigenvalue weighted by Gasteiger charge is -2.17. The molecule has 0 bridgehead atoms. The average molecular weight is 358 g/mol. The average Bonchev–Trinajstić information content (AvgIpc) is 3.12. The monoisotopic (exact) mass is 358 g/mol. The van der Waals surface area contributed by atoms with Gasteiger partial charge in [-0.2, -0.15) is 0 Å². The minimum absolute atomic E-state index is 0.0489. The van der Waals surface area contributed by atoms with Gasteiger partial charge in [0.1, 0.15) is 0 Å². The van der Waals surface area contributed by atoms with E-state index in [-0.39, 0.29) is 10.8 Å². The number of nitrogens with zero attached hydrogens (tertiary/aromatic N) is 2. The van der Waals surface area contributed by atoms with Crippen molar-refractivity contribution >= 4 is 15.9 Å². The molecule has 1 fully saturated rings. The van der Waals surface area contributed by atoms with Crippen LogP contribution in [0, 0.1) is 0 Å². The summed E-state index contributed by atoms with van der Waals surface area (Å²) in [6.45, 7) is 1.41. The topological polar surface area (TPSA) is 57.7 Å². The molecule has 6 heteroatoms. The summed E-state index contributed by atoms with van der Waals surface area (Å²) in [7, 11) is -0.498. The number of amides is 1. The van der Waals surface area contributed by atoms with Crippen LogP contribution in [0.15, 0.2) is 59.5 Å². The molecule has 1 atom stereocenters. The van der Waals surface area contributed by atoms with Crippen molar-refractivity contribution < 1.29 is 13.2 Å². The van der Waals surface area contributed by atoms with Crippen LogP contribution >= 0.6 is 0 Å². The second-order valence-electron chi connectivity index (χ2n) is 6.46. The quantitative estimate of drug-likeness (QED) is 0.844. The SMILES string of the molecule is CN(C)S(=O)(=O)c1ccc(C(=O)N2CCC(c3ccccc3)C2)cc1. The number of likely N-dealkylation sites (tertiary alicyclic amines) is 1. The van der Waals surface area contributed by atoms with Gasteiger partial charge in [-0.1, -0.05) is 30.3 Å².